The molecule has 0 aliphatic heterocycles. The number of carbonyl (C=O) groups excluding carboxylic acids is 1. The number of aromatic hydroxyl groups is 1. The highest BCUT2D eigenvalue weighted by Crippen LogP contribution is 2.46. The van der Waals surface area contributed by atoms with E-state index in [2.05, 4.69) is 0 Å². The van der Waals surface area contributed by atoms with Crippen LogP contribution in [0.3, 0.4) is 0 Å². The molecule has 0 amide bonds. The first kappa shape index (κ1) is 21.3. The zero-order valence-electron chi connectivity index (χ0n) is 17.5. The van der Waals surface area contributed by atoms with E-state index < -0.39 is 0 Å². The van der Waals surface area contributed by atoms with E-state index in [-0.39, 0.29) is 22.8 Å². The Morgan fingerprint density at radius 2 is 1.77 bits per heavy atom. The number of carbonyl (C=O) groups is 1. The van der Waals surface area contributed by atoms with Gasteiger partial charge in [-0.2, -0.15) is 0 Å². The number of ketones is 1. The van der Waals surface area contributed by atoms with Crippen molar-refractivity contribution in [3.8, 4) is 23.0 Å². The minimum atomic E-state index is -0.304. The Hall–Kier alpha value is -3.45. The molecular formula is C23H25NO6. The Kier molecular flexibility index (Phi) is 6.64. The van der Waals surface area contributed by atoms with E-state index >= 15 is 0 Å². The highest BCUT2D eigenvalue weighted by Gasteiger charge is 2.28. The third kappa shape index (κ3) is 4.41. The van der Waals surface area contributed by atoms with Gasteiger partial charge in [0.1, 0.15) is 23.7 Å². The highest BCUT2D eigenvalue weighted by atomic mass is 16.5. The first-order valence-corrected chi connectivity index (χ1v) is 9.40. The number of methoxy groups -OCH3 is 2. The van der Waals surface area contributed by atoms with Gasteiger partial charge in [-0.3, -0.25) is 4.79 Å². The van der Waals surface area contributed by atoms with Crippen LogP contribution in [0.5, 0.6) is 23.0 Å². The number of allylic oxidation sites excluding steroid dienone is 1. The summed E-state index contributed by atoms with van der Waals surface area (Å²) in [6, 6.07) is 8.26. The summed E-state index contributed by atoms with van der Waals surface area (Å²) in [5.74, 6) is 0.836. The Morgan fingerprint density at radius 3 is 2.40 bits per heavy atom. The van der Waals surface area contributed by atoms with Crippen LogP contribution in [0.4, 0.5) is 0 Å². The zero-order valence-corrected chi connectivity index (χ0v) is 17.5. The number of furan rings is 1. The van der Waals surface area contributed by atoms with Gasteiger partial charge >= 0.3 is 0 Å². The lowest BCUT2D eigenvalue weighted by molar-refractivity contribution is 0.104. The first-order chi connectivity index (χ1) is 14.5. The highest BCUT2D eigenvalue weighted by molar-refractivity contribution is 6.15. The lowest BCUT2D eigenvalue weighted by Gasteiger charge is -2.18. The second-order valence-electron chi connectivity index (χ2n) is 6.87. The first-order valence-electron chi connectivity index (χ1n) is 9.40. The summed E-state index contributed by atoms with van der Waals surface area (Å²) in [6.07, 6.45) is 4.62. The maximum absolute atomic E-state index is 13.2. The Labute approximate surface area is 175 Å². The molecule has 0 unspecified atom stereocenters. The summed E-state index contributed by atoms with van der Waals surface area (Å²) in [5.41, 5.74) is 1.48. The van der Waals surface area contributed by atoms with Crippen molar-refractivity contribution in [3.63, 3.8) is 0 Å². The topological polar surface area (TPSA) is 81.4 Å². The molecule has 2 aromatic carbocycles. The number of benzene rings is 2. The van der Waals surface area contributed by atoms with Gasteiger partial charge in [-0.15, -0.1) is 0 Å². The summed E-state index contributed by atoms with van der Waals surface area (Å²) < 4.78 is 22.7. The minimum Gasteiger partial charge on any atom is -0.508 e. The largest absolute Gasteiger partial charge is 0.508 e. The maximum Gasteiger partial charge on any atom is 0.205 e. The van der Waals surface area contributed by atoms with Crippen LogP contribution < -0.4 is 14.2 Å². The van der Waals surface area contributed by atoms with Gasteiger partial charge in [0.25, 0.3) is 0 Å². The third-order valence-electron chi connectivity index (χ3n) is 4.54. The van der Waals surface area contributed by atoms with Crippen molar-refractivity contribution in [1.29, 1.82) is 0 Å². The number of phenols is 1. The van der Waals surface area contributed by atoms with Crippen LogP contribution in [0.25, 0.3) is 17.0 Å². The van der Waals surface area contributed by atoms with E-state index in [1.54, 1.807) is 36.4 Å². The van der Waals surface area contributed by atoms with Crippen LogP contribution in [0, 0.1) is 0 Å². The zero-order chi connectivity index (χ0) is 21.7. The van der Waals surface area contributed by atoms with Gasteiger partial charge in [0.2, 0.25) is 5.75 Å². The standard InChI is InChI=1S/C23H25NO6/c1-24(2)12-14-30-22-19(18(26)10-7-15-5-8-16(25)9-6-15)20(27-3)17-11-13-29-21(17)23(22)28-4/h5-11,13,25H,12,14H2,1-4H3/b10-7+. The van der Waals surface area contributed by atoms with Crippen molar-refractivity contribution in [2.24, 2.45) is 0 Å². The van der Waals surface area contributed by atoms with E-state index in [1.807, 2.05) is 19.0 Å². The normalized spacial score (nSPS) is 11.4. The Balaban J connectivity index is 2.09. The van der Waals surface area contributed by atoms with Gasteiger partial charge < -0.3 is 28.6 Å². The molecule has 0 bridgehead atoms. The van der Waals surface area contributed by atoms with Crippen LogP contribution in [-0.4, -0.2) is 57.3 Å². The number of ether oxygens (including phenoxy) is 3. The monoisotopic (exact) mass is 411 g/mol. The fraction of sp³-hybridized carbons (Fsp3) is 0.261. The van der Waals surface area contributed by atoms with E-state index in [1.165, 1.54) is 26.6 Å². The van der Waals surface area contributed by atoms with Gasteiger partial charge in [0, 0.05) is 6.54 Å². The molecule has 0 saturated heterocycles. The summed E-state index contributed by atoms with van der Waals surface area (Å²) in [5, 5.41) is 10.0. The van der Waals surface area contributed by atoms with Gasteiger partial charge in [-0.05, 0) is 43.9 Å². The molecule has 1 N–H and O–H groups in total. The number of rotatable bonds is 9. The quantitative estimate of drug-likeness (QED) is 0.421. The average molecular weight is 411 g/mol. The fourth-order valence-electron chi connectivity index (χ4n) is 3.05. The Morgan fingerprint density at radius 1 is 1.07 bits per heavy atom. The van der Waals surface area contributed by atoms with Crippen LogP contribution in [-0.2, 0) is 0 Å². The molecule has 0 aliphatic rings. The second-order valence-corrected chi connectivity index (χ2v) is 6.87. The molecule has 158 valence electrons. The molecule has 30 heavy (non-hydrogen) atoms. The molecule has 1 aromatic heterocycles. The summed E-state index contributed by atoms with van der Waals surface area (Å²) in [7, 11) is 6.87. The van der Waals surface area contributed by atoms with Crippen molar-refractivity contribution in [2.45, 2.75) is 0 Å². The predicted molar refractivity (Wildman–Crippen MR) is 115 cm³/mol. The van der Waals surface area contributed by atoms with Crippen molar-refractivity contribution >= 4 is 22.8 Å². The molecule has 0 saturated carbocycles. The summed E-state index contributed by atoms with van der Waals surface area (Å²) >= 11 is 0. The predicted octanol–water partition coefficient (Wildman–Crippen LogP) is 3.99. The van der Waals surface area contributed by atoms with Gasteiger partial charge in [-0.1, -0.05) is 18.2 Å². The number of likely N-dealkylation sites (N-methyl/N-ethyl adjacent to an activating group) is 1. The fourth-order valence-corrected chi connectivity index (χ4v) is 3.05. The van der Waals surface area contributed by atoms with Crippen LogP contribution in [0.15, 0.2) is 47.1 Å². The van der Waals surface area contributed by atoms with E-state index in [4.69, 9.17) is 18.6 Å². The molecule has 7 nitrogen and oxygen atoms in total. The Bertz CT molecular complexity index is 1050. The number of phenolic OH excluding ortho intramolecular Hbond substituents is 1. The lowest BCUT2D eigenvalue weighted by atomic mass is 10.0. The number of hydrogen-bond acceptors (Lipinski definition) is 7. The van der Waals surface area contributed by atoms with Crippen molar-refractivity contribution in [3.05, 3.63) is 53.8 Å². The third-order valence-corrected chi connectivity index (χ3v) is 4.54. The average Bonchev–Trinajstić information content (AvgIpc) is 3.21. The molecule has 0 fully saturated rings. The lowest BCUT2D eigenvalue weighted by Crippen LogP contribution is -2.20. The molecule has 7 heteroatoms. The van der Waals surface area contributed by atoms with E-state index in [0.29, 0.717) is 35.6 Å². The smallest absolute Gasteiger partial charge is 0.205 e. The molecule has 0 radical (unpaired) electrons. The van der Waals surface area contributed by atoms with Gasteiger partial charge in [0.05, 0.1) is 25.9 Å². The van der Waals surface area contributed by atoms with E-state index in [9.17, 15) is 9.90 Å². The molecule has 0 atom stereocenters. The number of hydrogen-bond donors (Lipinski definition) is 1. The van der Waals surface area contributed by atoms with Crippen LogP contribution >= 0.6 is 0 Å². The maximum atomic E-state index is 13.2. The SMILES string of the molecule is COc1c(C(=O)/C=C/c2ccc(O)cc2)c(OCCN(C)C)c(OC)c2occc12. The summed E-state index contributed by atoms with van der Waals surface area (Å²) in [6.45, 7) is 0.999. The molecule has 3 rings (SSSR count). The molecule has 0 aliphatic carbocycles. The summed E-state index contributed by atoms with van der Waals surface area (Å²) in [4.78, 5) is 15.2. The molecule has 0 spiro atoms. The molecular weight excluding hydrogens is 386 g/mol. The molecule has 1 heterocycles. The minimum absolute atomic E-state index is 0.159. The molecule has 3 aromatic rings. The van der Waals surface area contributed by atoms with Crippen LogP contribution in [0.2, 0.25) is 0 Å². The van der Waals surface area contributed by atoms with Crippen molar-refractivity contribution < 1.29 is 28.5 Å². The second kappa shape index (κ2) is 9.37. The van der Waals surface area contributed by atoms with Crippen molar-refractivity contribution in [1.82, 2.24) is 4.90 Å². The van der Waals surface area contributed by atoms with Crippen LogP contribution in [0.1, 0.15) is 15.9 Å². The number of nitrogens with zero attached hydrogens (tertiary/aromatic N) is 1. The number of fused-ring (bicyclic) bond motifs is 1. The van der Waals surface area contributed by atoms with Gasteiger partial charge in [0.15, 0.2) is 17.1 Å². The van der Waals surface area contributed by atoms with Crippen molar-refractivity contribution in [2.75, 3.05) is 41.5 Å². The van der Waals surface area contributed by atoms with Gasteiger partial charge in [-0.25, -0.2) is 0 Å². The van der Waals surface area contributed by atoms with E-state index in [0.717, 1.165) is 5.56 Å².